The van der Waals surface area contributed by atoms with Crippen molar-refractivity contribution >= 4 is 11.7 Å². The SMILES string of the molecule is CCC(CNC(=O)Nc1cc(C(F)(F)F)cc(C(F)(F)F)c1)c1cccc(C)c1. The first-order valence-corrected chi connectivity index (χ1v) is 8.81. The summed E-state index contributed by atoms with van der Waals surface area (Å²) in [7, 11) is 0. The highest BCUT2D eigenvalue weighted by atomic mass is 19.4. The molecular formula is C20H20F6N2O. The second-order valence-electron chi connectivity index (χ2n) is 6.65. The van der Waals surface area contributed by atoms with Crippen LogP contribution in [0, 0.1) is 6.92 Å². The molecule has 9 heteroatoms. The summed E-state index contributed by atoms with van der Waals surface area (Å²) in [6.07, 6.45) is -9.27. The Hall–Kier alpha value is -2.71. The first-order valence-electron chi connectivity index (χ1n) is 8.81. The summed E-state index contributed by atoms with van der Waals surface area (Å²) in [4.78, 5) is 12.1. The van der Waals surface area contributed by atoms with Gasteiger partial charge in [0, 0.05) is 18.2 Å². The number of benzene rings is 2. The summed E-state index contributed by atoms with van der Waals surface area (Å²) in [5.41, 5.74) is -1.56. The van der Waals surface area contributed by atoms with Gasteiger partial charge in [0.15, 0.2) is 0 Å². The number of nitrogens with one attached hydrogen (secondary N) is 2. The molecule has 0 bridgehead atoms. The van der Waals surface area contributed by atoms with Crippen LogP contribution >= 0.6 is 0 Å². The van der Waals surface area contributed by atoms with Crippen LogP contribution in [0.4, 0.5) is 36.8 Å². The Bertz CT molecular complexity index is 829. The van der Waals surface area contributed by atoms with E-state index in [9.17, 15) is 31.1 Å². The van der Waals surface area contributed by atoms with Gasteiger partial charge in [-0.25, -0.2) is 4.79 Å². The van der Waals surface area contributed by atoms with Gasteiger partial charge in [-0.3, -0.25) is 0 Å². The Morgan fingerprint density at radius 1 is 0.966 bits per heavy atom. The zero-order valence-electron chi connectivity index (χ0n) is 15.7. The molecule has 2 aromatic rings. The quantitative estimate of drug-likeness (QED) is 0.546. The number of urea groups is 1. The van der Waals surface area contributed by atoms with Gasteiger partial charge in [-0.1, -0.05) is 36.8 Å². The summed E-state index contributed by atoms with van der Waals surface area (Å²) in [5.74, 6) is -0.0482. The largest absolute Gasteiger partial charge is 0.416 e. The molecule has 0 heterocycles. The number of amides is 2. The fourth-order valence-electron chi connectivity index (χ4n) is 2.84. The van der Waals surface area contributed by atoms with Gasteiger partial charge >= 0.3 is 18.4 Å². The van der Waals surface area contributed by atoms with Crippen LogP contribution in [0.15, 0.2) is 42.5 Å². The number of anilines is 1. The van der Waals surface area contributed by atoms with E-state index in [2.05, 4.69) is 10.6 Å². The molecule has 29 heavy (non-hydrogen) atoms. The minimum atomic E-state index is -4.98. The molecule has 0 saturated carbocycles. The Morgan fingerprint density at radius 2 is 1.55 bits per heavy atom. The normalized spacial score (nSPS) is 13.1. The summed E-state index contributed by atoms with van der Waals surface area (Å²) in [6.45, 7) is 4.01. The number of aryl methyl sites for hydroxylation is 1. The predicted octanol–water partition coefficient (Wildman–Crippen LogP) is 6.35. The van der Waals surface area contributed by atoms with E-state index in [1.54, 1.807) is 0 Å². The number of carbonyl (C=O) groups is 1. The summed E-state index contributed by atoms with van der Waals surface area (Å²) in [6, 6.07) is 7.69. The molecule has 1 unspecified atom stereocenters. The van der Waals surface area contributed by atoms with Crippen molar-refractivity contribution in [3.8, 4) is 0 Å². The number of hydrogen-bond donors (Lipinski definition) is 2. The molecule has 0 aliphatic carbocycles. The lowest BCUT2D eigenvalue weighted by Gasteiger charge is -2.18. The van der Waals surface area contributed by atoms with Crippen molar-refractivity contribution in [3.63, 3.8) is 0 Å². The third-order valence-electron chi connectivity index (χ3n) is 4.36. The van der Waals surface area contributed by atoms with Gasteiger partial charge in [-0.2, -0.15) is 26.3 Å². The zero-order valence-corrected chi connectivity index (χ0v) is 15.7. The molecule has 2 rings (SSSR count). The maximum absolute atomic E-state index is 12.9. The molecule has 158 valence electrons. The standard InChI is InChI=1S/C20H20F6N2O/c1-3-13(14-6-4-5-12(2)7-14)11-27-18(29)28-17-9-15(19(21,22)23)8-16(10-17)20(24,25)26/h4-10,13H,3,11H2,1-2H3,(H2,27,28,29). The van der Waals surface area contributed by atoms with E-state index in [1.165, 1.54) is 0 Å². The fraction of sp³-hybridized carbons (Fsp3) is 0.350. The summed E-state index contributed by atoms with van der Waals surface area (Å²) >= 11 is 0. The van der Waals surface area contributed by atoms with Gasteiger partial charge in [0.05, 0.1) is 11.1 Å². The molecule has 0 radical (unpaired) electrons. The fourth-order valence-corrected chi connectivity index (χ4v) is 2.84. The second-order valence-corrected chi connectivity index (χ2v) is 6.65. The van der Waals surface area contributed by atoms with E-state index >= 15 is 0 Å². The first kappa shape index (κ1) is 22.6. The molecule has 1 atom stereocenters. The topological polar surface area (TPSA) is 41.1 Å². The van der Waals surface area contributed by atoms with E-state index in [0.29, 0.717) is 18.6 Å². The third-order valence-corrected chi connectivity index (χ3v) is 4.36. The lowest BCUT2D eigenvalue weighted by molar-refractivity contribution is -0.143. The van der Waals surface area contributed by atoms with Crippen molar-refractivity contribution in [2.24, 2.45) is 0 Å². The molecule has 0 aliphatic heterocycles. The smallest absolute Gasteiger partial charge is 0.337 e. The molecular weight excluding hydrogens is 398 g/mol. The third kappa shape index (κ3) is 6.40. The van der Waals surface area contributed by atoms with Crippen LogP contribution in [0.2, 0.25) is 0 Å². The Kier molecular flexibility index (Phi) is 6.81. The van der Waals surface area contributed by atoms with E-state index < -0.39 is 35.2 Å². The number of hydrogen-bond acceptors (Lipinski definition) is 1. The van der Waals surface area contributed by atoms with E-state index in [4.69, 9.17) is 0 Å². The molecule has 0 spiro atoms. The molecule has 2 aromatic carbocycles. The molecule has 2 amide bonds. The Labute approximate surface area is 164 Å². The average molecular weight is 418 g/mol. The molecule has 2 N–H and O–H groups in total. The summed E-state index contributed by atoms with van der Waals surface area (Å²) < 4.78 is 77.4. The van der Waals surface area contributed by atoms with Gasteiger partial charge in [-0.15, -0.1) is 0 Å². The predicted molar refractivity (Wildman–Crippen MR) is 97.7 cm³/mol. The van der Waals surface area contributed by atoms with Crippen LogP contribution < -0.4 is 10.6 Å². The number of alkyl halides is 6. The maximum Gasteiger partial charge on any atom is 0.416 e. The van der Waals surface area contributed by atoms with E-state index in [1.807, 2.05) is 38.1 Å². The molecule has 0 aromatic heterocycles. The maximum atomic E-state index is 12.9. The number of rotatable bonds is 5. The Morgan fingerprint density at radius 3 is 2.03 bits per heavy atom. The van der Waals surface area contributed by atoms with Crippen molar-refractivity contribution in [3.05, 3.63) is 64.7 Å². The van der Waals surface area contributed by atoms with Crippen LogP contribution in [0.5, 0.6) is 0 Å². The van der Waals surface area contributed by atoms with Crippen LogP contribution in [-0.2, 0) is 12.4 Å². The summed E-state index contributed by atoms with van der Waals surface area (Å²) in [5, 5.41) is 4.56. The first-order chi connectivity index (χ1) is 13.4. The number of halogens is 6. The zero-order chi connectivity index (χ0) is 21.8. The highest BCUT2D eigenvalue weighted by Gasteiger charge is 2.37. The van der Waals surface area contributed by atoms with Crippen molar-refractivity contribution in [1.82, 2.24) is 5.32 Å². The van der Waals surface area contributed by atoms with E-state index in [-0.39, 0.29) is 18.5 Å². The number of carbonyl (C=O) groups excluding carboxylic acids is 1. The van der Waals surface area contributed by atoms with Gasteiger partial charge in [0.25, 0.3) is 0 Å². The lowest BCUT2D eigenvalue weighted by Crippen LogP contribution is -2.32. The molecule has 3 nitrogen and oxygen atoms in total. The molecule has 0 fully saturated rings. The van der Waals surface area contributed by atoms with E-state index in [0.717, 1.165) is 11.1 Å². The van der Waals surface area contributed by atoms with Crippen LogP contribution in [0.25, 0.3) is 0 Å². The van der Waals surface area contributed by atoms with Gasteiger partial charge in [-0.05, 0) is 37.1 Å². The van der Waals surface area contributed by atoms with Crippen molar-refractivity contribution in [1.29, 1.82) is 0 Å². The molecule has 0 aliphatic rings. The highest BCUT2D eigenvalue weighted by molar-refractivity contribution is 5.89. The van der Waals surface area contributed by atoms with Crippen LogP contribution in [0.3, 0.4) is 0 Å². The molecule has 0 saturated heterocycles. The van der Waals surface area contributed by atoms with Crippen LogP contribution in [0.1, 0.15) is 41.5 Å². The van der Waals surface area contributed by atoms with Crippen molar-refractivity contribution in [2.45, 2.75) is 38.5 Å². The average Bonchev–Trinajstić information content (AvgIpc) is 2.60. The monoisotopic (exact) mass is 418 g/mol. The minimum absolute atomic E-state index is 0.00787. The lowest BCUT2D eigenvalue weighted by atomic mass is 9.95. The van der Waals surface area contributed by atoms with Crippen molar-refractivity contribution < 1.29 is 31.1 Å². The van der Waals surface area contributed by atoms with Crippen LogP contribution in [-0.4, -0.2) is 12.6 Å². The Balaban J connectivity index is 2.13. The van der Waals surface area contributed by atoms with Gasteiger partial charge in [0.1, 0.15) is 0 Å². The highest BCUT2D eigenvalue weighted by Crippen LogP contribution is 2.37. The van der Waals surface area contributed by atoms with Crippen molar-refractivity contribution in [2.75, 3.05) is 11.9 Å². The minimum Gasteiger partial charge on any atom is -0.337 e. The van der Waals surface area contributed by atoms with Gasteiger partial charge < -0.3 is 10.6 Å². The second kappa shape index (κ2) is 8.75. The van der Waals surface area contributed by atoms with Gasteiger partial charge in [0.2, 0.25) is 0 Å².